The van der Waals surface area contributed by atoms with Gasteiger partial charge in [-0.15, -0.1) is 0 Å². The van der Waals surface area contributed by atoms with Gasteiger partial charge in [0.2, 0.25) is 0 Å². The van der Waals surface area contributed by atoms with E-state index in [0.29, 0.717) is 23.5 Å². The Labute approximate surface area is 191 Å². The van der Waals surface area contributed by atoms with Crippen LogP contribution < -0.4 is 4.74 Å². The van der Waals surface area contributed by atoms with E-state index in [2.05, 4.69) is 4.98 Å². The van der Waals surface area contributed by atoms with Crippen molar-refractivity contribution in [1.82, 2.24) is 4.98 Å². The normalized spacial score (nSPS) is 10.8. The van der Waals surface area contributed by atoms with E-state index < -0.39 is 5.97 Å². The molecule has 0 aliphatic rings. The third kappa shape index (κ3) is 5.22. The van der Waals surface area contributed by atoms with Crippen LogP contribution in [0.2, 0.25) is 0 Å². The molecule has 5 heteroatoms. The molecule has 0 aliphatic heterocycles. The average Bonchev–Trinajstić information content (AvgIpc) is 2.87. The van der Waals surface area contributed by atoms with Crippen LogP contribution in [0.4, 0.5) is 0 Å². The Hall–Kier alpha value is -4.51. The number of pyridine rings is 1. The minimum absolute atomic E-state index is 0.393. The van der Waals surface area contributed by atoms with E-state index in [1.54, 1.807) is 24.5 Å². The van der Waals surface area contributed by atoms with Crippen LogP contribution in [0, 0.1) is 0 Å². The van der Waals surface area contributed by atoms with Crippen LogP contribution in [0.1, 0.15) is 21.5 Å². The van der Waals surface area contributed by atoms with E-state index in [0.717, 1.165) is 40.2 Å². The fourth-order valence-corrected chi connectivity index (χ4v) is 3.64. The Bertz CT molecular complexity index is 1300. The minimum atomic E-state index is -1.05. The van der Waals surface area contributed by atoms with Crippen molar-refractivity contribution >= 4 is 18.3 Å². The number of carbonyl (C=O) groups is 2. The zero-order chi connectivity index (χ0) is 23.0. The topological polar surface area (TPSA) is 76.5 Å². The number of carbonyl (C=O) groups excluding carboxylic acids is 1. The van der Waals surface area contributed by atoms with Crippen LogP contribution >= 0.6 is 0 Å². The molecule has 0 aliphatic carbocycles. The summed E-state index contributed by atoms with van der Waals surface area (Å²) in [5.41, 5.74) is 5.33. The highest BCUT2D eigenvalue weighted by molar-refractivity contribution is 5.98. The SMILES string of the molecule is O=Cc1cccc(-c2ccc(OCc3ccccc3)cc2/C=C/C(=O)O)c1-c1cccnc1. The number of aliphatic carboxylic acids is 1. The standard InChI is InChI=1S/C28H21NO4/c30-18-23-8-4-10-26(28(23)22-9-5-15-29-17-22)25-13-12-24(16-21(25)11-14-27(31)32)33-19-20-6-2-1-3-7-20/h1-18H,19H2,(H,31,32)/b14-11+. The molecule has 0 amide bonds. The Morgan fingerprint density at radius 2 is 1.76 bits per heavy atom. The Morgan fingerprint density at radius 1 is 0.909 bits per heavy atom. The predicted octanol–water partition coefficient (Wildman–Crippen LogP) is 5.90. The second-order valence-corrected chi connectivity index (χ2v) is 7.32. The molecule has 1 heterocycles. The number of benzene rings is 3. The van der Waals surface area contributed by atoms with Crippen molar-refractivity contribution in [1.29, 1.82) is 0 Å². The summed E-state index contributed by atoms with van der Waals surface area (Å²) in [6.45, 7) is 0.393. The fourth-order valence-electron chi connectivity index (χ4n) is 3.64. The van der Waals surface area contributed by atoms with Crippen molar-refractivity contribution in [2.75, 3.05) is 0 Å². The number of aldehydes is 1. The molecule has 0 atom stereocenters. The van der Waals surface area contributed by atoms with Gasteiger partial charge in [0, 0.05) is 35.2 Å². The molecule has 162 valence electrons. The van der Waals surface area contributed by atoms with Gasteiger partial charge >= 0.3 is 5.97 Å². The smallest absolute Gasteiger partial charge is 0.328 e. The molecular weight excluding hydrogens is 414 g/mol. The van der Waals surface area contributed by atoms with Gasteiger partial charge in [0.05, 0.1) is 0 Å². The molecule has 1 N–H and O–H groups in total. The molecule has 4 aromatic rings. The van der Waals surface area contributed by atoms with Gasteiger partial charge in [0.1, 0.15) is 12.4 Å². The van der Waals surface area contributed by atoms with Gasteiger partial charge < -0.3 is 9.84 Å². The van der Waals surface area contributed by atoms with Gasteiger partial charge in [-0.05, 0) is 46.5 Å². The molecule has 0 saturated carbocycles. The summed E-state index contributed by atoms with van der Waals surface area (Å²) in [7, 11) is 0. The number of hydrogen-bond donors (Lipinski definition) is 1. The van der Waals surface area contributed by atoms with E-state index in [9.17, 15) is 14.7 Å². The molecule has 4 rings (SSSR count). The zero-order valence-corrected chi connectivity index (χ0v) is 17.7. The highest BCUT2D eigenvalue weighted by Gasteiger charge is 2.15. The lowest BCUT2D eigenvalue weighted by Gasteiger charge is -2.16. The van der Waals surface area contributed by atoms with Gasteiger partial charge in [-0.1, -0.05) is 60.7 Å². The van der Waals surface area contributed by atoms with Crippen molar-refractivity contribution in [2.24, 2.45) is 0 Å². The maximum atomic E-state index is 11.8. The van der Waals surface area contributed by atoms with E-state index in [4.69, 9.17) is 4.74 Å². The number of carboxylic acid groups (broad SMARTS) is 1. The summed E-state index contributed by atoms with van der Waals surface area (Å²) < 4.78 is 5.94. The van der Waals surface area contributed by atoms with Crippen LogP contribution in [-0.4, -0.2) is 22.3 Å². The van der Waals surface area contributed by atoms with Crippen LogP contribution in [0.25, 0.3) is 28.3 Å². The molecular formula is C28H21NO4. The van der Waals surface area contributed by atoms with Crippen molar-refractivity contribution in [3.8, 4) is 28.0 Å². The quantitative estimate of drug-likeness (QED) is 0.275. The van der Waals surface area contributed by atoms with E-state index in [1.807, 2.05) is 66.7 Å². The maximum absolute atomic E-state index is 11.8. The first-order valence-corrected chi connectivity index (χ1v) is 10.4. The zero-order valence-electron chi connectivity index (χ0n) is 17.7. The number of ether oxygens (including phenoxy) is 1. The fraction of sp³-hybridized carbons (Fsp3) is 0.0357. The maximum Gasteiger partial charge on any atom is 0.328 e. The average molecular weight is 435 g/mol. The third-order valence-electron chi connectivity index (χ3n) is 5.14. The van der Waals surface area contributed by atoms with Gasteiger partial charge in [0.25, 0.3) is 0 Å². The van der Waals surface area contributed by atoms with E-state index >= 15 is 0 Å². The third-order valence-corrected chi connectivity index (χ3v) is 5.14. The van der Waals surface area contributed by atoms with Gasteiger partial charge in [-0.3, -0.25) is 9.78 Å². The number of carboxylic acids is 1. The molecule has 0 bridgehead atoms. The van der Waals surface area contributed by atoms with Crippen molar-refractivity contribution < 1.29 is 19.4 Å². The number of rotatable bonds is 8. The first kappa shape index (κ1) is 21.7. The molecule has 5 nitrogen and oxygen atoms in total. The summed E-state index contributed by atoms with van der Waals surface area (Å²) in [6.07, 6.45) is 6.82. The molecule has 1 aromatic heterocycles. The highest BCUT2D eigenvalue weighted by atomic mass is 16.5. The number of nitrogens with zero attached hydrogens (tertiary/aromatic N) is 1. The molecule has 0 radical (unpaired) electrons. The first-order valence-electron chi connectivity index (χ1n) is 10.4. The van der Waals surface area contributed by atoms with Crippen molar-refractivity contribution in [3.05, 3.63) is 114 Å². The van der Waals surface area contributed by atoms with Crippen LogP contribution in [0.3, 0.4) is 0 Å². The Balaban J connectivity index is 1.80. The molecule has 0 unspecified atom stereocenters. The molecule has 0 spiro atoms. The Morgan fingerprint density at radius 3 is 2.48 bits per heavy atom. The van der Waals surface area contributed by atoms with Gasteiger partial charge in [-0.25, -0.2) is 4.79 Å². The highest BCUT2D eigenvalue weighted by Crippen LogP contribution is 2.37. The molecule has 0 saturated heterocycles. The van der Waals surface area contributed by atoms with Crippen LogP contribution in [0.5, 0.6) is 5.75 Å². The molecule has 0 fully saturated rings. The molecule has 3 aromatic carbocycles. The van der Waals surface area contributed by atoms with E-state index in [-0.39, 0.29) is 0 Å². The van der Waals surface area contributed by atoms with Gasteiger partial charge in [-0.2, -0.15) is 0 Å². The number of hydrogen-bond acceptors (Lipinski definition) is 4. The summed E-state index contributed by atoms with van der Waals surface area (Å²) >= 11 is 0. The van der Waals surface area contributed by atoms with Crippen LogP contribution in [-0.2, 0) is 11.4 Å². The van der Waals surface area contributed by atoms with Crippen LogP contribution in [0.15, 0.2) is 97.3 Å². The lowest BCUT2D eigenvalue weighted by molar-refractivity contribution is -0.131. The first-order chi connectivity index (χ1) is 16.2. The lowest BCUT2D eigenvalue weighted by Crippen LogP contribution is -1.97. The van der Waals surface area contributed by atoms with Crippen molar-refractivity contribution in [3.63, 3.8) is 0 Å². The molecule has 33 heavy (non-hydrogen) atoms. The lowest BCUT2D eigenvalue weighted by atomic mass is 9.89. The number of aromatic nitrogens is 1. The predicted molar refractivity (Wildman–Crippen MR) is 128 cm³/mol. The summed E-state index contributed by atoms with van der Waals surface area (Å²) in [6, 6.07) is 24.5. The second kappa shape index (κ2) is 10.2. The monoisotopic (exact) mass is 435 g/mol. The summed E-state index contributed by atoms with van der Waals surface area (Å²) in [4.78, 5) is 27.3. The van der Waals surface area contributed by atoms with Crippen molar-refractivity contribution in [2.45, 2.75) is 6.61 Å². The van der Waals surface area contributed by atoms with E-state index in [1.165, 1.54) is 6.08 Å². The summed E-state index contributed by atoms with van der Waals surface area (Å²) in [5.74, 6) is -0.437. The minimum Gasteiger partial charge on any atom is -0.489 e. The summed E-state index contributed by atoms with van der Waals surface area (Å²) in [5, 5.41) is 9.20. The second-order valence-electron chi connectivity index (χ2n) is 7.32. The largest absolute Gasteiger partial charge is 0.489 e. The Kier molecular flexibility index (Phi) is 6.71. The van der Waals surface area contributed by atoms with Gasteiger partial charge in [0.15, 0.2) is 6.29 Å².